The quantitative estimate of drug-likeness (QED) is 0.884. The molecule has 2 rings (SSSR count). The molecule has 0 spiro atoms. The van der Waals surface area contributed by atoms with Crippen molar-refractivity contribution in [2.75, 3.05) is 13.1 Å². The molecule has 96 valence electrons. The molecule has 0 unspecified atom stereocenters. The predicted octanol–water partition coefficient (Wildman–Crippen LogP) is 1.94. The molecule has 0 aromatic heterocycles. The summed E-state index contributed by atoms with van der Waals surface area (Å²) in [5, 5.41) is 8.62. The van der Waals surface area contributed by atoms with E-state index in [2.05, 4.69) is 0 Å². The van der Waals surface area contributed by atoms with E-state index in [0.29, 0.717) is 19.5 Å². The molecule has 0 aliphatic carbocycles. The lowest BCUT2D eigenvalue weighted by Crippen LogP contribution is -2.32. The Balaban J connectivity index is 2.06. The van der Waals surface area contributed by atoms with Crippen LogP contribution < -0.4 is 0 Å². The first-order chi connectivity index (χ1) is 8.68. The highest BCUT2D eigenvalue weighted by Crippen LogP contribution is 2.18. The zero-order valence-electron chi connectivity index (χ0n) is 10.3. The predicted molar refractivity (Wildman–Crippen MR) is 67.5 cm³/mol. The second-order valence-corrected chi connectivity index (χ2v) is 4.55. The SMILES string of the molecule is O=C(O)CCCN1CCCc2ccccc2C1=O. The summed E-state index contributed by atoms with van der Waals surface area (Å²) in [6.07, 6.45) is 2.49. The molecule has 0 saturated carbocycles. The fourth-order valence-corrected chi connectivity index (χ4v) is 2.31. The molecule has 0 saturated heterocycles. The first-order valence-electron chi connectivity index (χ1n) is 6.27. The molecule has 1 N–H and O–H groups in total. The molecule has 18 heavy (non-hydrogen) atoms. The maximum atomic E-state index is 12.3. The lowest BCUT2D eigenvalue weighted by atomic mass is 10.0. The third kappa shape index (κ3) is 2.88. The number of fused-ring (bicyclic) bond motifs is 1. The third-order valence-electron chi connectivity index (χ3n) is 3.23. The Morgan fingerprint density at radius 1 is 1.33 bits per heavy atom. The van der Waals surface area contributed by atoms with E-state index >= 15 is 0 Å². The second kappa shape index (κ2) is 5.67. The van der Waals surface area contributed by atoms with Crippen molar-refractivity contribution in [3.8, 4) is 0 Å². The molecular formula is C14H17NO3. The van der Waals surface area contributed by atoms with Crippen molar-refractivity contribution in [1.29, 1.82) is 0 Å². The Morgan fingerprint density at radius 3 is 2.89 bits per heavy atom. The van der Waals surface area contributed by atoms with Crippen LogP contribution >= 0.6 is 0 Å². The van der Waals surface area contributed by atoms with Gasteiger partial charge < -0.3 is 10.0 Å². The standard InChI is InChI=1S/C14H17NO3/c16-13(17)8-4-10-15-9-3-6-11-5-1-2-7-12(11)14(15)18/h1-2,5,7H,3-4,6,8-10H2,(H,16,17). The molecule has 1 aromatic carbocycles. The number of benzene rings is 1. The molecule has 4 nitrogen and oxygen atoms in total. The fraction of sp³-hybridized carbons (Fsp3) is 0.429. The summed E-state index contributed by atoms with van der Waals surface area (Å²) in [7, 11) is 0. The number of carbonyl (C=O) groups excluding carboxylic acids is 1. The molecule has 0 bridgehead atoms. The average Bonchev–Trinajstić information content (AvgIpc) is 2.50. The summed E-state index contributed by atoms with van der Waals surface area (Å²) < 4.78 is 0. The number of hydrogen-bond acceptors (Lipinski definition) is 2. The van der Waals surface area contributed by atoms with Crippen molar-refractivity contribution >= 4 is 11.9 Å². The van der Waals surface area contributed by atoms with Crippen LogP contribution in [0.25, 0.3) is 0 Å². The fourth-order valence-electron chi connectivity index (χ4n) is 2.31. The number of rotatable bonds is 4. The van der Waals surface area contributed by atoms with Gasteiger partial charge in [0.15, 0.2) is 0 Å². The molecule has 1 aliphatic rings. The Hall–Kier alpha value is -1.84. The Kier molecular flexibility index (Phi) is 3.97. The number of hydrogen-bond donors (Lipinski definition) is 1. The smallest absolute Gasteiger partial charge is 0.303 e. The van der Waals surface area contributed by atoms with Gasteiger partial charge in [0.25, 0.3) is 5.91 Å². The van der Waals surface area contributed by atoms with Gasteiger partial charge in [0, 0.05) is 25.1 Å². The van der Waals surface area contributed by atoms with E-state index in [1.807, 2.05) is 24.3 Å². The van der Waals surface area contributed by atoms with Crippen LogP contribution in [0.4, 0.5) is 0 Å². The number of carbonyl (C=O) groups is 2. The normalized spacial score (nSPS) is 15.1. The van der Waals surface area contributed by atoms with Gasteiger partial charge >= 0.3 is 5.97 Å². The lowest BCUT2D eigenvalue weighted by molar-refractivity contribution is -0.137. The van der Waals surface area contributed by atoms with E-state index in [1.165, 1.54) is 0 Å². The molecule has 1 aliphatic heterocycles. The Morgan fingerprint density at radius 2 is 2.11 bits per heavy atom. The number of aliphatic carboxylic acids is 1. The van der Waals surface area contributed by atoms with Crippen LogP contribution in [0.5, 0.6) is 0 Å². The van der Waals surface area contributed by atoms with Gasteiger partial charge in [-0.25, -0.2) is 0 Å². The van der Waals surface area contributed by atoms with Gasteiger partial charge in [-0.1, -0.05) is 18.2 Å². The van der Waals surface area contributed by atoms with Gasteiger partial charge in [-0.3, -0.25) is 9.59 Å². The van der Waals surface area contributed by atoms with Crippen LogP contribution in [0, 0.1) is 0 Å². The number of amides is 1. The van der Waals surface area contributed by atoms with Gasteiger partial charge in [0.05, 0.1) is 0 Å². The Bertz CT molecular complexity index is 456. The summed E-state index contributed by atoms with van der Waals surface area (Å²) in [4.78, 5) is 24.5. The molecule has 1 aromatic rings. The molecule has 0 fully saturated rings. The van der Waals surface area contributed by atoms with Crippen LogP contribution in [-0.2, 0) is 11.2 Å². The van der Waals surface area contributed by atoms with Gasteiger partial charge in [-0.2, -0.15) is 0 Å². The van der Waals surface area contributed by atoms with Crippen molar-refractivity contribution in [2.45, 2.75) is 25.7 Å². The topological polar surface area (TPSA) is 57.6 Å². The van der Waals surface area contributed by atoms with Crippen LogP contribution in [0.15, 0.2) is 24.3 Å². The monoisotopic (exact) mass is 247 g/mol. The van der Waals surface area contributed by atoms with Crippen LogP contribution in [0.1, 0.15) is 35.2 Å². The van der Waals surface area contributed by atoms with E-state index in [9.17, 15) is 9.59 Å². The highest BCUT2D eigenvalue weighted by Gasteiger charge is 2.21. The number of aryl methyl sites for hydroxylation is 1. The summed E-state index contributed by atoms with van der Waals surface area (Å²) >= 11 is 0. The first kappa shape index (κ1) is 12.6. The van der Waals surface area contributed by atoms with E-state index in [-0.39, 0.29) is 12.3 Å². The van der Waals surface area contributed by atoms with Crippen molar-refractivity contribution in [1.82, 2.24) is 4.90 Å². The van der Waals surface area contributed by atoms with Crippen LogP contribution in [0.2, 0.25) is 0 Å². The summed E-state index contributed by atoms with van der Waals surface area (Å²) in [5.41, 5.74) is 1.87. The second-order valence-electron chi connectivity index (χ2n) is 4.55. The van der Waals surface area contributed by atoms with Crippen molar-refractivity contribution in [2.24, 2.45) is 0 Å². The Labute approximate surface area is 106 Å². The van der Waals surface area contributed by atoms with Crippen LogP contribution in [0.3, 0.4) is 0 Å². The minimum atomic E-state index is -0.808. The van der Waals surface area contributed by atoms with Gasteiger partial charge in [-0.05, 0) is 30.9 Å². The zero-order valence-corrected chi connectivity index (χ0v) is 10.3. The number of nitrogens with zero attached hydrogens (tertiary/aromatic N) is 1. The van der Waals surface area contributed by atoms with E-state index in [0.717, 1.165) is 24.0 Å². The molecule has 1 heterocycles. The number of carboxylic acids is 1. The lowest BCUT2D eigenvalue weighted by Gasteiger charge is -2.20. The molecule has 0 atom stereocenters. The van der Waals surface area contributed by atoms with Crippen molar-refractivity contribution in [3.05, 3.63) is 35.4 Å². The number of carboxylic acid groups (broad SMARTS) is 1. The first-order valence-corrected chi connectivity index (χ1v) is 6.27. The minimum absolute atomic E-state index is 0.0356. The molecule has 4 heteroatoms. The third-order valence-corrected chi connectivity index (χ3v) is 3.23. The molecule has 0 radical (unpaired) electrons. The summed E-state index contributed by atoms with van der Waals surface area (Å²) in [5.74, 6) is -0.772. The average molecular weight is 247 g/mol. The summed E-state index contributed by atoms with van der Waals surface area (Å²) in [6, 6.07) is 7.67. The van der Waals surface area contributed by atoms with E-state index in [1.54, 1.807) is 4.90 Å². The largest absolute Gasteiger partial charge is 0.481 e. The highest BCUT2D eigenvalue weighted by molar-refractivity contribution is 5.96. The summed E-state index contributed by atoms with van der Waals surface area (Å²) in [6.45, 7) is 1.24. The van der Waals surface area contributed by atoms with Gasteiger partial charge in [0.2, 0.25) is 0 Å². The molecular weight excluding hydrogens is 230 g/mol. The van der Waals surface area contributed by atoms with Gasteiger partial charge in [-0.15, -0.1) is 0 Å². The molecule has 1 amide bonds. The van der Waals surface area contributed by atoms with Crippen molar-refractivity contribution in [3.63, 3.8) is 0 Å². The highest BCUT2D eigenvalue weighted by atomic mass is 16.4. The van der Waals surface area contributed by atoms with E-state index in [4.69, 9.17) is 5.11 Å². The maximum Gasteiger partial charge on any atom is 0.303 e. The van der Waals surface area contributed by atoms with Crippen molar-refractivity contribution < 1.29 is 14.7 Å². The minimum Gasteiger partial charge on any atom is -0.481 e. The van der Waals surface area contributed by atoms with Crippen LogP contribution in [-0.4, -0.2) is 35.0 Å². The van der Waals surface area contributed by atoms with E-state index < -0.39 is 5.97 Å². The zero-order chi connectivity index (χ0) is 13.0. The maximum absolute atomic E-state index is 12.3. The van der Waals surface area contributed by atoms with Gasteiger partial charge in [0.1, 0.15) is 0 Å².